The quantitative estimate of drug-likeness (QED) is 0.388. The standard InChI is InChI=1S/C11H25BO/c1-4-6-8-10-12(13-3)11-9-7-5-2/h4-11H2,1-3H3. The second kappa shape index (κ2) is 10.1. The highest BCUT2D eigenvalue weighted by Crippen LogP contribution is 2.12. The fourth-order valence-corrected chi connectivity index (χ4v) is 1.62. The summed E-state index contributed by atoms with van der Waals surface area (Å²) in [7, 11) is 1.85. The molecular formula is C11H25BO. The highest BCUT2D eigenvalue weighted by molar-refractivity contribution is 6.51. The Hall–Kier alpha value is 0.0249. The molecule has 0 spiro atoms. The Kier molecular flexibility index (Phi) is 10.1. The van der Waals surface area contributed by atoms with Gasteiger partial charge in [0.1, 0.15) is 0 Å². The van der Waals surface area contributed by atoms with Crippen LogP contribution >= 0.6 is 0 Å². The first-order chi connectivity index (χ1) is 6.35. The minimum atomic E-state index is 0.526. The zero-order valence-corrected chi connectivity index (χ0v) is 9.64. The highest BCUT2D eigenvalue weighted by Gasteiger charge is 2.11. The Labute approximate surface area is 84.4 Å². The molecule has 0 bridgehead atoms. The average molecular weight is 184 g/mol. The van der Waals surface area contributed by atoms with Crippen LogP contribution in [0.1, 0.15) is 52.4 Å². The summed E-state index contributed by atoms with van der Waals surface area (Å²) in [5.74, 6) is 0. The second-order valence-electron chi connectivity index (χ2n) is 3.85. The summed E-state index contributed by atoms with van der Waals surface area (Å²) in [4.78, 5) is 0. The third-order valence-electron chi connectivity index (χ3n) is 2.59. The van der Waals surface area contributed by atoms with Crippen LogP contribution in [0.2, 0.25) is 12.6 Å². The lowest BCUT2D eigenvalue weighted by Crippen LogP contribution is -2.14. The van der Waals surface area contributed by atoms with Crippen LogP contribution in [0, 0.1) is 0 Å². The third-order valence-corrected chi connectivity index (χ3v) is 2.59. The number of rotatable bonds is 9. The highest BCUT2D eigenvalue weighted by atomic mass is 16.4. The summed E-state index contributed by atoms with van der Waals surface area (Å²) < 4.78 is 5.44. The number of hydrogen-bond donors (Lipinski definition) is 0. The molecule has 0 amide bonds. The topological polar surface area (TPSA) is 9.23 Å². The summed E-state index contributed by atoms with van der Waals surface area (Å²) in [6.45, 7) is 5.02. The smallest absolute Gasteiger partial charge is 0.292 e. The van der Waals surface area contributed by atoms with E-state index in [2.05, 4.69) is 13.8 Å². The first-order valence-corrected chi connectivity index (χ1v) is 5.87. The molecule has 0 aliphatic heterocycles. The van der Waals surface area contributed by atoms with Crippen LogP contribution in [0.15, 0.2) is 0 Å². The van der Waals surface area contributed by atoms with Crippen molar-refractivity contribution in [1.82, 2.24) is 0 Å². The van der Waals surface area contributed by atoms with Crippen molar-refractivity contribution in [2.45, 2.75) is 65.0 Å². The maximum absolute atomic E-state index is 5.44. The van der Waals surface area contributed by atoms with E-state index in [1.807, 2.05) is 7.11 Å². The van der Waals surface area contributed by atoms with Crippen LogP contribution < -0.4 is 0 Å². The monoisotopic (exact) mass is 184 g/mol. The maximum Gasteiger partial charge on any atom is 0.292 e. The predicted octanol–water partition coefficient (Wildman–Crippen LogP) is 4.00. The molecule has 0 fully saturated rings. The molecule has 78 valence electrons. The second-order valence-corrected chi connectivity index (χ2v) is 3.85. The fraction of sp³-hybridized carbons (Fsp3) is 1.00. The van der Waals surface area contributed by atoms with E-state index in [4.69, 9.17) is 4.65 Å². The van der Waals surface area contributed by atoms with Crippen molar-refractivity contribution in [2.24, 2.45) is 0 Å². The van der Waals surface area contributed by atoms with E-state index >= 15 is 0 Å². The van der Waals surface area contributed by atoms with Gasteiger partial charge in [-0.05, 0) is 12.6 Å². The van der Waals surface area contributed by atoms with Crippen molar-refractivity contribution in [3.8, 4) is 0 Å². The molecule has 1 nitrogen and oxygen atoms in total. The molecule has 13 heavy (non-hydrogen) atoms. The van der Waals surface area contributed by atoms with Gasteiger partial charge in [0.2, 0.25) is 0 Å². The summed E-state index contributed by atoms with van der Waals surface area (Å²) in [6.07, 6.45) is 10.5. The van der Waals surface area contributed by atoms with E-state index in [9.17, 15) is 0 Å². The van der Waals surface area contributed by atoms with Crippen LogP contribution in [-0.4, -0.2) is 14.0 Å². The maximum atomic E-state index is 5.44. The first kappa shape index (κ1) is 13.0. The molecule has 0 rings (SSSR count). The first-order valence-electron chi connectivity index (χ1n) is 5.87. The van der Waals surface area contributed by atoms with E-state index in [0.717, 1.165) is 0 Å². The molecule has 0 aromatic carbocycles. The normalized spacial score (nSPS) is 10.4. The van der Waals surface area contributed by atoms with Gasteiger partial charge in [-0.25, -0.2) is 0 Å². The van der Waals surface area contributed by atoms with E-state index in [1.165, 1.54) is 51.2 Å². The molecule has 0 saturated heterocycles. The molecule has 0 N–H and O–H groups in total. The number of unbranched alkanes of at least 4 members (excludes halogenated alkanes) is 4. The largest absolute Gasteiger partial charge is 0.439 e. The van der Waals surface area contributed by atoms with Gasteiger partial charge in [0.05, 0.1) is 0 Å². The Morgan fingerprint density at radius 3 is 1.62 bits per heavy atom. The SMILES string of the molecule is CCCCCB(CCCCC)OC. The van der Waals surface area contributed by atoms with Gasteiger partial charge in [-0.3, -0.25) is 0 Å². The zero-order chi connectivity index (χ0) is 9.94. The van der Waals surface area contributed by atoms with Crippen molar-refractivity contribution in [1.29, 1.82) is 0 Å². The van der Waals surface area contributed by atoms with Crippen molar-refractivity contribution in [3.63, 3.8) is 0 Å². The van der Waals surface area contributed by atoms with E-state index < -0.39 is 0 Å². The molecule has 0 radical (unpaired) electrons. The molecular weight excluding hydrogens is 159 g/mol. The van der Waals surface area contributed by atoms with Gasteiger partial charge in [-0.2, -0.15) is 0 Å². The van der Waals surface area contributed by atoms with Crippen molar-refractivity contribution in [3.05, 3.63) is 0 Å². The summed E-state index contributed by atoms with van der Waals surface area (Å²) in [5, 5.41) is 0. The Morgan fingerprint density at radius 1 is 0.846 bits per heavy atom. The average Bonchev–Trinajstić information content (AvgIpc) is 2.16. The molecule has 2 heteroatoms. The van der Waals surface area contributed by atoms with Crippen molar-refractivity contribution in [2.75, 3.05) is 7.11 Å². The lowest BCUT2D eigenvalue weighted by Gasteiger charge is -2.10. The van der Waals surface area contributed by atoms with Crippen molar-refractivity contribution < 1.29 is 4.65 Å². The summed E-state index contributed by atoms with van der Waals surface area (Å²) in [6, 6.07) is 0. The summed E-state index contributed by atoms with van der Waals surface area (Å²) >= 11 is 0. The Balaban J connectivity index is 3.28. The van der Waals surface area contributed by atoms with Gasteiger partial charge in [-0.15, -0.1) is 0 Å². The summed E-state index contributed by atoms with van der Waals surface area (Å²) in [5.41, 5.74) is 0. The molecule has 0 aliphatic carbocycles. The van der Waals surface area contributed by atoms with Crippen LogP contribution in [0.4, 0.5) is 0 Å². The van der Waals surface area contributed by atoms with Gasteiger partial charge < -0.3 is 4.65 Å². The van der Waals surface area contributed by atoms with Gasteiger partial charge >= 0.3 is 0 Å². The van der Waals surface area contributed by atoms with Crippen LogP contribution in [-0.2, 0) is 4.65 Å². The van der Waals surface area contributed by atoms with Crippen LogP contribution in [0.3, 0.4) is 0 Å². The molecule has 0 aromatic heterocycles. The third kappa shape index (κ3) is 8.36. The predicted molar refractivity (Wildman–Crippen MR) is 61.4 cm³/mol. The van der Waals surface area contributed by atoms with Crippen LogP contribution in [0.5, 0.6) is 0 Å². The molecule has 0 heterocycles. The minimum absolute atomic E-state index is 0.526. The van der Waals surface area contributed by atoms with Gasteiger partial charge in [0, 0.05) is 7.11 Å². The van der Waals surface area contributed by atoms with Crippen LogP contribution in [0.25, 0.3) is 0 Å². The molecule has 0 unspecified atom stereocenters. The Morgan fingerprint density at radius 2 is 1.31 bits per heavy atom. The Bertz CT molecular complexity index is 86.1. The molecule has 0 saturated carbocycles. The van der Waals surface area contributed by atoms with Gasteiger partial charge in [0.25, 0.3) is 6.92 Å². The van der Waals surface area contributed by atoms with E-state index in [-0.39, 0.29) is 0 Å². The van der Waals surface area contributed by atoms with Crippen molar-refractivity contribution >= 4 is 6.92 Å². The zero-order valence-electron chi connectivity index (χ0n) is 9.64. The molecule has 0 aliphatic rings. The van der Waals surface area contributed by atoms with Gasteiger partial charge in [-0.1, -0.05) is 52.4 Å². The number of hydrogen-bond acceptors (Lipinski definition) is 1. The minimum Gasteiger partial charge on any atom is -0.439 e. The van der Waals surface area contributed by atoms with Gasteiger partial charge in [0.15, 0.2) is 0 Å². The lowest BCUT2D eigenvalue weighted by molar-refractivity contribution is 0.413. The van der Waals surface area contributed by atoms with E-state index in [1.54, 1.807) is 0 Å². The van der Waals surface area contributed by atoms with E-state index in [0.29, 0.717) is 6.92 Å². The fourth-order valence-electron chi connectivity index (χ4n) is 1.62. The molecule has 0 aromatic rings. The lowest BCUT2D eigenvalue weighted by atomic mass is 9.59. The molecule has 0 atom stereocenters.